The quantitative estimate of drug-likeness (QED) is 0.682. The molecular formula is C22H19N3O. The van der Waals surface area contributed by atoms with Gasteiger partial charge in [0.1, 0.15) is 5.75 Å². The molecule has 0 N–H and O–H groups in total. The van der Waals surface area contributed by atoms with E-state index in [4.69, 9.17) is 9.84 Å². The Morgan fingerprint density at radius 2 is 1.85 bits per heavy atom. The van der Waals surface area contributed by atoms with E-state index in [1.165, 1.54) is 11.1 Å². The van der Waals surface area contributed by atoms with Crippen molar-refractivity contribution in [3.05, 3.63) is 95.3 Å². The molecule has 0 spiro atoms. The third-order valence-corrected chi connectivity index (χ3v) is 5.06. The fourth-order valence-electron chi connectivity index (χ4n) is 3.69. The maximum Gasteiger partial charge on any atom is 0.213 e. The summed E-state index contributed by atoms with van der Waals surface area (Å²) in [5.41, 5.74) is 5.68. The van der Waals surface area contributed by atoms with Crippen LogP contribution in [0.2, 0.25) is 0 Å². The number of hydrogen-bond acceptors (Lipinski definition) is 4. The summed E-state index contributed by atoms with van der Waals surface area (Å²) < 4.78 is 6.36. The van der Waals surface area contributed by atoms with Gasteiger partial charge in [0.2, 0.25) is 6.23 Å². The Balaban J connectivity index is 1.60. The summed E-state index contributed by atoms with van der Waals surface area (Å²) in [5.74, 6) is 0.946. The molecule has 0 fully saturated rings. The Labute approximate surface area is 152 Å². The van der Waals surface area contributed by atoms with Crippen LogP contribution in [0.25, 0.3) is 0 Å². The minimum Gasteiger partial charge on any atom is -0.464 e. The summed E-state index contributed by atoms with van der Waals surface area (Å²) in [4.78, 5) is 4.25. The molecular weight excluding hydrogens is 322 g/mol. The van der Waals surface area contributed by atoms with E-state index < -0.39 is 0 Å². The Hall–Kier alpha value is -3.14. The topological polar surface area (TPSA) is 37.7 Å². The molecule has 0 saturated heterocycles. The minimum atomic E-state index is -0.218. The van der Waals surface area contributed by atoms with Crippen molar-refractivity contribution < 1.29 is 4.74 Å². The van der Waals surface area contributed by atoms with Gasteiger partial charge in [0.15, 0.2) is 0 Å². The van der Waals surface area contributed by atoms with Crippen molar-refractivity contribution in [2.75, 3.05) is 0 Å². The molecule has 2 aromatic carbocycles. The fraction of sp³-hybridized carbons (Fsp3) is 0.182. The van der Waals surface area contributed by atoms with E-state index in [0.29, 0.717) is 0 Å². The maximum absolute atomic E-state index is 6.36. The molecule has 2 aliphatic rings. The zero-order valence-corrected chi connectivity index (χ0v) is 14.5. The molecule has 5 rings (SSSR count). The predicted octanol–water partition coefficient (Wildman–Crippen LogP) is 4.63. The predicted molar refractivity (Wildman–Crippen MR) is 101 cm³/mol. The van der Waals surface area contributed by atoms with Crippen molar-refractivity contribution in [1.82, 2.24) is 9.99 Å². The van der Waals surface area contributed by atoms with Crippen molar-refractivity contribution in [3.63, 3.8) is 0 Å². The van der Waals surface area contributed by atoms with Crippen molar-refractivity contribution in [2.45, 2.75) is 25.6 Å². The van der Waals surface area contributed by atoms with Crippen LogP contribution in [0.4, 0.5) is 0 Å². The van der Waals surface area contributed by atoms with Gasteiger partial charge in [-0.25, -0.2) is 5.01 Å². The molecule has 3 aromatic rings. The SMILES string of the molecule is Cc1ccc([C@@H]2Oc3ccccc3[C@H]3CC(c4cccnc4)=NN32)cc1. The van der Waals surface area contributed by atoms with Gasteiger partial charge in [-0.1, -0.05) is 54.1 Å². The molecule has 0 unspecified atom stereocenters. The molecule has 2 aliphatic heterocycles. The number of benzene rings is 2. The lowest BCUT2D eigenvalue weighted by Gasteiger charge is -2.38. The summed E-state index contributed by atoms with van der Waals surface area (Å²) in [6.07, 6.45) is 4.31. The van der Waals surface area contributed by atoms with Crippen LogP contribution in [0.5, 0.6) is 5.75 Å². The second-order valence-electron chi connectivity index (χ2n) is 6.81. The van der Waals surface area contributed by atoms with Crippen molar-refractivity contribution in [1.29, 1.82) is 0 Å². The zero-order valence-electron chi connectivity index (χ0n) is 14.5. The maximum atomic E-state index is 6.36. The number of hydrogen-bond donors (Lipinski definition) is 0. The van der Waals surface area contributed by atoms with E-state index in [1.54, 1.807) is 6.20 Å². The highest BCUT2D eigenvalue weighted by Crippen LogP contribution is 2.47. The molecule has 3 heterocycles. The lowest BCUT2D eigenvalue weighted by molar-refractivity contribution is -0.0190. The van der Waals surface area contributed by atoms with Gasteiger partial charge in [-0.3, -0.25) is 4.98 Å². The Bertz CT molecular complexity index is 966. The van der Waals surface area contributed by atoms with Crippen LogP contribution in [0.1, 0.15) is 40.9 Å². The second-order valence-corrected chi connectivity index (χ2v) is 6.81. The molecule has 2 atom stereocenters. The molecule has 0 radical (unpaired) electrons. The molecule has 4 heteroatoms. The van der Waals surface area contributed by atoms with Crippen LogP contribution >= 0.6 is 0 Å². The largest absolute Gasteiger partial charge is 0.464 e. The van der Waals surface area contributed by atoms with Crippen LogP contribution in [0.15, 0.2) is 78.2 Å². The normalized spacial score (nSPS) is 20.8. The number of ether oxygens (including phenoxy) is 1. The van der Waals surface area contributed by atoms with Crippen LogP contribution in [0, 0.1) is 6.92 Å². The molecule has 0 aliphatic carbocycles. The van der Waals surface area contributed by atoms with Crippen molar-refractivity contribution in [3.8, 4) is 5.75 Å². The van der Waals surface area contributed by atoms with Gasteiger partial charge in [0.25, 0.3) is 0 Å². The summed E-state index contributed by atoms with van der Waals surface area (Å²) >= 11 is 0. The van der Waals surface area contributed by atoms with Gasteiger partial charge >= 0.3 is 0 Å². The van der Waals surface area contributed by atoms with E-state index in [0.717, 1.165) is 29.0 Å². The molecule has 4 nitrogen and oxygen atoms in total. The average Bonchev–Trinajstić information content (AvgIpc) is 3.14. The first-order valence-corrected chi connectivity index (χ1v) is 8.88. The number of hydrazone groups is 1. The van der Waals surface area contributed by atoms with Gasteiger partial charge in [0, 0.05) is 35.5 Å². The number of aromatic nitrogens is 1. The van der Waals surface area contributed by atoms with Gasteiger partial charge in [-0.2, -0.15) is 5.10 Å². The number of fused-ring (bicyclic) bond motifs is 3. The number of para-hydroxylation sites is 1. The van der Waals surface area contributed by atoms with Gasteiger partial charge in [-0.15, -0.1) is 0 Å². The van der Waals surface area contributed by atoms with Crippen molar-refractivity contribution >= 4 is 5.71 Å². The van der Waals surface area contributed by atoms with Gasteiger partial charge in [-0.05, 0) is 19.1 Å². The Morgan fingerprint density at radius 3 is 2.65 bits per heavy atom. The number of rotatable bonds is 2. The standard InChI is InChI=1S/C22H19N3O/c1-15-8-10-16(11-9-15)22-25-20(18-6-2-3-7-21(18)26-22)13-19(24-25)17-5-4-12-23-14-17/h2-12,14,20,22H,13H2,1H3/t20-,22+/m1/s1. The molecule has 0 bridgehead atoms. The summed E-state index contributed by atoms with van der Waals surface area (Å²) in [6.45, 7) is 2.10. The van der Waals surface area contributed by atoms with Gasteiger partial charge < -0.3 is 4.74 Å². The molecule has 0 saturated carbocycles. The van der Waals surface area contributed by atoms with Gasteiger partial charge in [0.05, 0.1) is 11.8 Å². The molecule has 0 amide bonds. The second kappa shape index (κ2) is 5.99. The highest BCUT2D eigenvalue weighted by atomic mass is 16.5. The monoisotopic (exact) mass is 341 g/mol. The first-order chi connectivity index (χ1) is 12.8. The lowest BCUT2D eigenvalue weighted by Crippen LogP contribution is -2.33. The fourth-order valence-corrected chi connectivity index (χ4v) is 3.69. The third kappa shape index (κ3) is 2.46. The number of aryl methyl sites for hydroxylation is 1. The summed E-state index contributed by atoms with van der Waals surface area (Å²) in [6, 6.07) is 21.0. The Morgan fingerprint density at radius 1 is 1.00 bits per heavy atom. The highest BCUT2D eigenvalue weighted by Gasteiger charge is 2.40. The van der Waals surface area contributed by atoms with Crippen LogP contribution in [-0.4, -0.2) is 15.7 Å². The minimum absolute atomic E-state index is 0.182. The van der Waals surface area contributed by atoms with E-state index in [1.807, 2.05) is 18.3 Å². The van der Waals surface area contributed by atoms with Crippen LogP contribution in [-0.2, 0) is 0 Å². The third-order valence-electron chi connectivity index (χ3n) is 5.06. The van der Waals surface area contributed by atoms with Crippen molar-refractivity contribution in [2.24, 2.45) is 5.10 Å². The molecule has 128 valence electrons. The lowest BCUT2D eigenvalue weighted by atomic mass is 9.96. The van der Waals surface area contributed by atoms with Crippen LogP contribution < -0.4 is 4.74 Å². The number of pyridine rings is 1. The Kier molecular flexibility index (Phi) is 3.49. The first-order valence-electron chi connectivity index (χ1n) is 8.88. The molecule has 1 aromatic heterocycles. The smallest absolute Gasteiger partial charge is 0.213 e. The molecule has 26 heavy (non-hydrogen) atoms. The van der Waals surface area contributed by atoms with E-state index in [-0.39, 0.29) is 12.3 Å². The van der Waals surface area contributed by atoms with Crippen LogP contribution in [0.3, 0.4) is 0 Å². The first kappa shape index (κ1) is 15.1. The van der Waals surface area contributed by atoms with E-state index >= 15 is 0 Å². The average molecular weight is 341 g/mol. The zero-order chi connectivity index (χ0) is 17.5. The van der Waals surface area contributed by atoms with E-state index in [2.05, 4.69) is 65.4 Å². The summed E-state index contributed by atoms with van der Waals surface area (Å²) in [5, 5.41) is 7.05. The highest BCUT2D eigenvalue weighted by molar-refractivity contribution is 6.01. The summed E-state index contributed by atoms with van der Waals surface area (Å²) in [7, 11) is 0. The number of nitrogens with zero attached hydrogens (tertiary/aromatic N) is 3. The van der Waals surface area contributed by atoms with E-state index in [9.17, 15) is 0 Å².